The van der Waals surface area contributed by atoms with Crippen LogP contribution in [0.5, 0.6) is 0 Å². The van der Waals surface area contributed by atoms with Gasteiger partial charge < -0.3 is 10.4 Å². The van der Waals surface area contributed by atoms with E-state index in [0.29, 0.717) is 24.3 Å². The average molecular weight is 293 g/mol. The van der Waals surface area contributed by atoms with Crippen molar-refractivity contribution in [3.05, 3.63) is 17.5 Å². The topological polar surface area (TPSA) is 84.2 Å². The van der Waals surface area contributed by atoms with Crippen LogP contribution in [0.25, 0.3) is 0 Å². The third-order valence-corrected chi connectivity index (χ3v) is 3.71. The fourth-order valence-corrected chi connectivity index (χ4v) is 2.53. The molecule has 1 fully saturated rings. The van der Waals surface area contributed by atoms with Gasteiger partial charge in [-0.3, -0.25) is 9.48 Å². The van der Waals surface area contributed by atoms with Crippen molar-refractivity contribution in [3.8, 4) is 0 Å². The van der Waals surface area contributed by atoms with Gasteiger partial charge in [0.05, 0.1) is 17.5 Å². The Balaban J connectivity index is 2.16. The van der Waals surface area contributed by atoms with Crippen molar-refractivity contribution in [1.29, 1.82) is 0 Å². The molecule has 1 saturated carbocycles. The van der Waals surface area contributed by atoms with Crippen molar-refractivity contribution < 1.29 is 14.7 Å². The number of nitrogens with zero attached hydrogens (tertiary/aromatic N) is 2. The molecule has 1 unspecified atom stereocenters. The molecule has 1 amide bonds. The van der Waals surface area contributed by atoms with Gasteiger partial charge in [0.25, 0.3) is 5.91 Å². The fourth-order valence-electron chi connectivity index (χ4n) is 2.53. The predicted octanol–water partition coefficient (Wildman–Crippen LogP) is 2.15. The van der Waals surface area contributed by atoms with Crippen LogP contribution >= 0.6 is 0 Å². The molecule has 1 aliphatic carbocycles. The SMILES string of the molecule is CCCC(NC(=O)c1cnn(CCC)c1C1CC1)C(=O)O. The first kappa shape index (κ1) is 15.5. The van der Waals surface area contributed by atoms with Crippen LogP contribution in [0.4, 0.5) is 0 Å². The second-order valence-corrected chi connectivity index (χ2v) is 5.59. The van der Waals surface area contributed by atoms with E-state index in [1.807, 2.05) is 11.6 Å². The van der Waals surface area contributed by atoms with Crippen molar-refractivity contribution in [3.63, 3.8) is 0 Å². The maximum Gasteiger partial charge on any atom is 0.326 e. The summed E-state index contributed by atoms with van der Waals surface area (Å²) in [5.41, 5.74) is 1.50. The normalized spacial score (nSPS) is 15.7. The molecule has 1 aromatic heterocycles. The number of carboxylic acids is 1. The van der Waals surface area contributed by atoms with Crippen LogP contribution in [-0.2, 0) is 11.3 Å². The summed E-state index contributed by atoms with van der Waals surface area (Å²) < 4.78 is 1.89. The summed E-state index contributed by atoms with van der Waals surface area (Å²) in [4.78, 5) is 23.5. The van der Waals surface area contributed by atoms with Crippen LogP contribution < -0.4 is 5.32 Å². The molecule has 0 saturated heterocycles. The van der Waals surface area contributed by atoms with Crippen molar-refractivity contribution >= 4 is 11.9 Å². The van der Waals surface area contributed by atoms with E-state index in [1.54, 1.807) is 6.20 Å². The Morgan fingerprint density at radius 3 is 2.67 bits per heavy atom. The molecule has 6 heteroatoms. The number of amides is 1. The van der Waals surface area contributed by atoms with Gasteiger partial charge >= 0.3 is 5.97 Å². The first-order valence-electron chi connectivity index (χ1n) is 7.67. The van der Waals surface area contributed by atoms with Gasteiger partial charge in [0.15, 0.2) is 0 Å². The molecular weight excluding hydrogens is 270 g/mol. The predicted molar refractivity (Wildman–Crippen MR) is 78.3 cm³/mol. The fraction of sp³-hybridized carbons (Fsp3) is 0.667. The molecule has 2 N–H and O–H groups in total. The van der Waals surface area contributed by atoms with Crippen LogP contribution in [0.2, 0.25) is 0 Å². The van der Waals surface area contributed by atoms with E-state index in [0.717, 1.165) is 31.5 Å². The van der Waals surface area contributed by atoms with Crippen LogP contribution in [0.3, 0.4) is 0 Å². The Morgan fingerprint density at radius 1 is 1.43 bits per heavy atom. The molecule has 6 nitrogen and oxygen atoms in total. The number of aryl methyl sites for hydroxylation is 1. The van der Waals surface area contributed by atoms with E-state index in [9.17, 15) is 9.59 Å². The van der Waals surface area contributed by atoms with Crippen molar-refractivity contribution in [2.24, 2.45) is 0 Å². The van der Waals surface area contributed by atoms with Gasteiger partial charge in [-0.2, -0.15) is 5.10 Å². The zero-order valence-corrected chi connectivity index (χ0v) is 12.6. The van der Waals surface area contributed by atoms with Crippen LogP contribution in [0.1, 0.15) is 67.9 Å². The lowest BCUT2D eigenvalue weighted by atomic mass is 10.1. The number of rotatable bonds is 8. The summed E-state index contributed by atoms with van der Waals surface area (Å²) in [5.74, 6) is -0.909. The van der Waals surface area contributed by atoms with Crippen LogP contribution in [0.15, 0.2) is 6.20 Å². The van der Waals surface area contributed by atoms with Crippen molar-refractivity contribution in [2.75, 3.05) is 0 Å². The largest absolute Gasteiger partial charge is 0.480 e. The second kappa shape index (κ2) is 6.74. The minimum Gasteiger partial charge on any atom is -0.480 e. The number of hydrogen-bond donors (Lipinski definition) is 2. The van der Waals surface area contributed by atoms with Gasteiger partial charge in [-0.05, 0) is 25.7 Å². The molecule has 1 atom stereocenters. The second-order valence-electron chi connectivity index (χ2n) is 5.59. The third kappa shape index (κ3) is 3.62. The number of carbonyl (C=O) groups is 2. The first-order chi connectivity index (χ1) is 10.1. The molecule has 116 valence electrons. The molecule has 0 spiro atoms. The van der Waals surface area contributed by atoms with Crippen LogP contribution in [-0.4, -0.2) is 32.8 Å². The summed E-state index contributed by atoms with van der Waals surface area (Å²) >= 11 is 0. The van der Waals surface area contributed by atoms with Crippen molar-refractivity contribution in [1.82, 2.24) is 15.1 Å². The lowest BCUT2D eigenvalue weighted by Gasteiger charge is -2.14. The molecule has 21 heavy (non-hydrogen) atoms. The van der Waals surface area contributed by atoms with E-state index >= 15 is 0 Å². The molecular formula is C15H23N3O3. The lowest BCUT2D eigenvalue weighted by molar-refractivity contribution is -0.139. The smallest absolute Gasteiger partial charge is 0.326 e. The Bertz CT molecular complexity index is 520. The third-order valence-electron chi connectivity index (χ3n) is 3.71. The molecule has 1 heterocycles. The molecule has 1 aromatic rings. The molecule has 0 bridgehead atoms. The highest BCUT2D eigenvalue weighted by molar-refractivity contribution is 5.97. The number of carbonyl (C=O) groups excluding carboxylic acids is 1. The Hall–Kier alpha value is -1.85. The van der Waals surface area contributed by atoms with E-state index in [2.05, 4.69) is 17.3 Å². The molecule has 2 rings (SSSR count). The Labute approximate surface area is 124 Å². The number of nitrogens with one attached hydrogen (secondary N) is 1. The first-order valence-corrected chi connectivity index (χ1v) is 7.67. The lowest BCUT2D eigenvalue weighted by Crippen LogP contribution is -2.40. The standard InChI is InChI=1S/C15H23N3O3/c1-3-5-12(15(20)21)17-14(19)11-9-16-18(8-4-2)13(11)10-6-7-10/h9-10,12H,3-8H2,1-2H3,(H,17,19)(H,20,21). The summed E-state index contributed by atoms with van der Waals surface area (Å²) in [5, 5.41) is 16.1. The molecule has 0 radical (unpaired) electrons. The Morgan fingerprint density at radius 2 is 2.14 bits per heavy atom. The van der Waals surface area contributed by atoms with Gasteiger partial charge in [0.2, 0.25) is 0 Å². The maximum atomic E-state index is 12.4. The zero-order chi connectivity index (χ0) is 15.4. The summed E-state index contributed by atoms with van der Waals surface area (Å²) in [6, 6.07) is -0.830. The van der Waals surface area contributed by atoms with E-state index in [-0.39, 0.29) is 5.91 Å². The quantitative estimate of drug-likeness (QED) is 0.769. The van der Waals surface area contributed by atoms with E-state index in [1.165, 1.54) is 0 Å². The maximum absolute atomic E-state index is 12.4. The van der Waals surface area contributed by atoms with Gasteiger partial charge in [0.1, 0.15) is 6.04 Å². The summed E-state index contributed by atoms with van der Waals surface area (Å²) in [6.45, 7) is 4.76. The highest BCUT2D eigenvalue weighted by atomic mass is 16.4. The average Bonchev–Trinajstić information content (AvgIpc) is 3.19. The van der Waals surface area contributed by atoms with Crippen LogP contribution in [0, 0.1) is 0 Å². The summed E-state index contributed by atoms with van der Waals surface area (Å²) in [7, 11) is 0. The van der Waals surface area contributed by atoms with Gasteiger partial charge in [-0.15, -0.1) is 0 Å². The van der Waals surface area contributed by atoms with Gasteiger partial charge in [0, 0.05) is 12.5 Å². The number of carboxylic acid groups (broad SMARTS) is 1. The van der Waals surface area contributed by atoms with E-state index < -0.39 is 12.0 Å². The van der Waals surface area contributed by atoms with Gasteiger partial charge in [-0.1, -0.05) is 20.3 Å². The molecule has 0 aromatic carbocycles. The van der Waals surface area contributed by atoms with Crippen molar-refractivity contribution in [2.45, 2.75) is 64.5 Å². The zero-order valence-electron chi connectivity index (χ0n) is 12.6. The summed E-state index contributed by atoms with van der Waals surface area (Å²) in [6.07, 6.45) is 5.82. The Kier molecular flexibility index (Phi) is 4.98. The monoisotopic (exact) mass is 293 g/mol. The number of aliphatic carboxylic acids is 1. The minimum atomic E-state index is -0.987. The molecule has 0 aliphatic heterocycles. The minimum absolute atomic E-state index is 0.319. The van der Waals surface area contributed by atoms with E-state index in [4.69, 9.17) is 5.11 Å². The number of hydrogen-bond acceptors (Lipinski definition) is 3. The highest BCUT2D eigenvalue weighted by Gasteiger charge is 2.33. The highest BCUT2D eigenvalue weighted by Crippen LogP contribution is 2.41. The number of aromatic nitrogens is 2. The van der Waals surface area contributed by atoms with Gasteiger partial charge in [-0.25, -0.2) is 4.79 Å². The molecule has 1 aliphatic rings.